The van der Waals surface area contributed by atoms with E-state index in [0.717, 1.165) is 4.31 Å². The van der Waals surface area contributed by atoms with Crippen molar-refractivity contribution in [3.8, 4) is 0 Å². The third-order valence-electron chi connectivity index (χ3n) is 3.86. The number of hydrogen-bond donors (Lipinski definition) is 2. The minimum Gasteiger partial charge on any atom is -0.399 e. The van der Waals surface area contributed by atoms with Crippen molar-refractivity contribution in [2.75, 3.05) is 25.4 Å². The van der Waals surface area contributed by atoms with Crippen molar-refractivity contribution in [3.63, 3.8) is 0 Å². The van der Waals surface area contributed by atoms with Crippen LogP contribution in [0.5, 0.6) is 0 Å². The zero-order chi connectivity index (χ0) is 17.0. The summed E-state index contributed by atoms with van der Waals surface area (Å²) in [6, 6.07) is 6.56. The van der Waals surface area contributed by atoms with Gasteiger partial charge in [-0.1, -0.05) is 6.07 Å². The molecular formula is C14H19F2N3O3S. The lowest BCUT2D eigenvalue weighted by Crippen LogP contribution is -2.43. The van der Waals surface area contributed by atoms with Crippen LogP contribution in [0, 0.1) is 5.92 Å². The largest absolute Gasteiger partial charge is 0.399 e. The highest BCUT2D eigenvalue weighted by molar-refractivity contribution is 7.89. The van der Waals surface area contributed by atoms with E-state index in [1.54, 1.807) is 24.3 Å². The molecule has 1 saturated heterocycles. The van der Waals surface area contributed by atoms with Gasteiger partial charge < -0.3 is 11.1 Å². The third kappa shape index (κ3) is 4.38. The smallest absolute Gasteiger partial charge is 0.350 e. The van der Waals surface area contributed by atoms with Crippen LogP contribution < -0.4 is 11.1 Å². The summed E-state index contributed by atoms with van der Waals surface area (Å²) in [6.07, 6.45) is 0.867. The van der Waals surface area contributed by atoms with Crippen molar-refractivity contribution < 1.29 is 22.0 Å². The van der Waals surface area contributed by atoms with Gasteiger partial charge in [0.15, 0.2) is 0 Å². The summed E-state index contributed by atoms with van der Waals surface area (Å²) in [5.41, 5.74) is 6.55. The molecule has 0 aliphatic carbocycles. The highest BCUT2D eigenvalue weighted by Crippen LogP contribution is 2.22. The second-order valence-electron chi connectivity index (χ2n) is 5.48. The van der Waals surface area contributed by atoms with Gasteiger partial charge in [0.05, 0.1) is 0 Å². The molecule has 6 nitrogen and oxygen atoms in total. The average molecular weight is 347 g/mol. The quantitative estimate of drug-likeness (QED) is 0.785. The summed E-state index contributed by atoms with van der Waals surface area (Å²) in [4.78, 5) is 12.0. The molecule has 0 saturated carbocycles. The van der Waals surface area contributed by atoms with Crippen LogP contribution in [0.2, 0.25) is 0 Å². The van der Waals surface area contributed by atoms with Gasteiger partial charge in [-0.15, -0.1) is 0 Å². The van der Waals surface area contributed by atoms with E-state index in [1.165, 1.54) is 0 Å². The number of nitrogens with zero attached hydrogens (tertiary/aromatic N) is 1. The van der Waals surface area contributed by atoms with E-state index < -0.39 is 15.8 Å². The number of carbonyl (C=O) groups excluding carboxylic acids is 1. The van der Waals surface area contributed by atoms with Crippen LogP contribution >= 0.6 is 0 Å². The number of hydrogen-bond acceptors (Lipinski definition) is 4. The van der Waals surface area contributed by atoms with Gasteiger partial charge in [0.1, 0.15) is 0 Å². The summed E-state index contributed by atoms with van der Waals surface area (Å²) < 4.78 is 48.5. The summed E-state index contributed by atoms with van der Waals surface area (Å²) in [5.74, 6) is -3.59. The van der Waals surface area contributed by atoms with Crippen LogP contribution in [0.25, 0.3) is 0 Å². The van der Waals surface area contributed by atoms with Crippen LogP contribution in [-0.4, -0.2) is 44.0 Å². The first-order valence-electron chi connectivity index (χ1n) is 7.21. The van der Waals surface area contributed by atoms with Gasteiger partial charge in [0.2, 0.25) is 0 Å². The Balaban J connectivity index is 1.82. The van der Waals surface area contributed by atoms with Crippen LogP contribution in [0.4, 0.5) is 14.5 Å². The molecule has 1 aromatic carbocycles. The van der Waals surface area contributed by atoms with E-state index in [-0.39, 0.29) is 24.9 Å². The number of alkyl halides is 2. The Morgan fingerprint density at radius 3 is 2.57 bits per heavy atom. The molecule has 3 N–H and O–H groups in total. The molecule has 1 aromatic rings. The Labute approximate surface area is 133 Å². The number of carbonyl (C=O) groups is 1. The lowest BCUT2D eigenvalue weighted by Gasteiger charge is -2.30. The van der Waals surface area contributed by atoms with Gasteiger partial charge in [-0.05, 0) is 37.0 Å². The molecule has 1 fully saturated rings. The number of anilines is 1. The first-order valence-corrected chi connectivity index (χ1v) is 8.72. The molecule has 23 heavy (non-hydrogen) atoms. The monoisotopic (exact) mass is 347 g/mol. The van der Waals surface area contributed by atoms with Crippen molar-refractivity contribution in [3.05, 3.63) is 29.8 Å². The standard InChI is InChI=1S/C14H19F2N3O3S/c15-14(16)23(21,22)19-6-4-10(5-7-19)9-18-13(20)11-2-1-3-12(17)8-11/h1-3,8,10,14H,4-7,9,17H2,(H,18,20). The van der Waals surface area contributed by atoms with Crippen LogP contribution in [-0.2, 0) is 10.0 Å². The first kappa shape index (κ1) is 17.6. The fourth-order valence-corrected chi connectivity index (χ4v) is 3.44. The summed E-state index contributed by atoms with van der Waals surface area (Å²) in [5, 5.41) is 2.76. The maximum Gasteiger partial charge on any atom is 0.350 e. The molecule has 2 rings (SSSR count). The van der Waals surface area contributed by atoms with E-state index in [0.29, 0.717) is 30.6 Å². The molecule has 1 amide bonds. The lowest BCUT2D eigenvalue weighted by molar-refractivity contribution is 0.0941. The van der Waals surface area contributed by atoms with Gasteiger partial charge in [-0.3, -0.25) is 4.79 Å². The van der Waals surface area contributed by atoms with Gasteiger partial charge in [0, 0.05) is 30.9 Å². The molecule has 1 heterocycles. The number of sulfonamides is 1. The minimum absolute atomic E-state index is 0.0471. The summed E-state index contributed by atoms with van der Waals surface area (Å²) >= 11 is 0. The second-order valence-corrected chi connectivity index (χ2v) is 7.39. The van der Waals surface area contributed by atoms with Crippen molar-refractivity contribution in [2.24, 2.45) is 5.92 Å². The lowest BCUT2D eigenvalue weighted by atomic mass is 9.98. The van der Waals surface area contributed by atoms with Crippen molar-refractivity contribution in [1.82, 2.24) is 9.62 Å². The predicted octanol–water partition coefficient (Wildman–Crippen LogP) is 1.26. The first-order chi connectivity index (χ1) is 10.8. The number of nitrogens with one attached hydrogen (secondary N) is 1. The fraction of sp³-hybridized carbons (Fsp3) is 0.500. The zero-order valence-corrected chi connectivity index (χ0v) is 13.2. The zero-order valence-electron chi connectivity index (χ0n) is 12.4. The van der Waals surface area contributed by atoms with Crippen LogP contribution in [0.3, 0.4) is 0 Å². The fourth-order valence-electron chi connectivity index (χ4n) is 2.50. The van der Waals surface area contributed by atoms with Gasteiger partial charge in [-0.2, -0.15) is 13.1 Å². The maximum absolute atomic E-state index is 12.5. The summed E-state index contributed by atoms with van der Waals surface area (Å²) in [7, 11) is -4.50. The Bertz CT molecular complexity index is 659. The third-order valence-corrected chi connectivity index (χ3v) is 5.39. The van der Waals surface area contributed by atoms with Crippen molar-refractivity contribution >= 4 is 21.6 Å². The van der Waals surface area contributed by atoms with Gasteiger partial charge >= 0.3 is 5.76 Å². The molecule has 0 radical (unpaired) electrons. The number of rotatable bonds is 5. The number of halogens is 2. The summed E-state index contributed by atoms with van der Waals surface area (Å²) in [6.45, 7) is 0.465. The highest BCUT2D eigenvalue weighted by Gasteiger charge is 2.34. The van der Waals surface area contributed by atoms with Gasteiger partial charge in [-0.25, -0.2) is 8.42 Å². The predicted molar refractivity (Wildman–Crippen MR) is 82.4 cm³/mol. The number of nitrogens with two attached hydrogens (primary N) is 1. The normalized spacial score (nSPS) is 17.3. The Morgan fingerprint density at radius 2 is 2.00 bits per heavy atom. The number of benzene rings is 1. The molecule has 0 bridgehead atoms. The Kier molecular flexibility index (Phi) is 5.53. The minimum atomic E-state index is -4.50. The van der Waals surface area contributed by atoms with E-state index >= 15 is 0 Å². The number of nitrogen functional groups attached to an aromatic ring is 1. The molecule has 1 aliphatic rings. The second kappa shape index (κ2) is 7.22. The molecule has 0 unspecified atom stereocenters. The molecule has 128 valence electrons. The van der Waals surface area contributed by atoms with E-state index in [2.05, 4.69) is 5.32 Å². The molecule has 0 aromatic heterocycles. The number of piperidine rings is 1. The molecule has 1 aliphatic heterocycles. The number of amides is 1. The Morgan fingerprint density at radius 1 is 1.35 bits per heavy atom. The van der Waals surface area contributed by atoms with E-state index in [1.807, 2.05) is 0 Å². The molecular weight excluding hydrogens is 328 g/mol. The molecule has 9 heteroatoms. The van der Waals surface area contributed by atoms with Gasteiger partial charge in [0.25, 0.3) is 15.9 Å². The van der Waals surface area contributed by atoms with Crippen molar-refractivity contribution in [2.45, 2.75) is 18.6 Å². The molecule has 0 spiro atoms. The van der Waals surface area contributed by atoms with Crippen molar-refractivity contribution in [1.29, 1.82) is 0 Å². The van der Waals surface area contributed by atoms with E-state index in [9.17, 15) is 22.0 Å². The highest BCUT2D eigenvalue weighted by atomic mass is 32.2. The topological polar surface area (TPSA) is 92.5 Å². The SMILES string of the molecule is Nc1cccc(C(=O)NCC2CCN(S(=O)(=O)C(F)F)CC2)c1. The van der Waals surface area contributed by atoms with Crippen LogP contribution in [0.15, 0.2) is 24.3 Å². The average Bonchev–Trinajstić information content (AvgIpc) is 2.52. The maximum atomic E-state index is 12.5. The van der Waals surface area contributed by atoms with E-state index in [4.69, 9.17) is 5.73 Å². The van der Waals surface area contributed by atoms with Crippen LogP contribution in [0.1, 0.15) is 23.2 Å². The Hall–Kier alpha value is -1.74. The molecule has 0 atom stereocenters.